The molecule has 2 aromatic carbocycles. The van der Waals surface area contributed by atoms with Gasteiger partial charge in [0.05, 0.1) is 10.2 Å². The fraction of sp³-hybridized carbons (Fsp3) is 0.150. The third-order valence-corrected chi connectivity index (χ3v) is 4.90. The molecule has 0 saturated heterocycles. The van der Waals surface area contributed by atoms with Gasteiger partial charge in [0.25, 0.3) is 5.91 Å². The van der Waals surface area contributed by atoms with E-state index < -0.39 is 5.97 Å². The Balaban J connectivity index is 1.53. The number of ether oxygens (including phenoxy) is 1. The number of nitrogens with one attached hydrogen (secondary N) is 1. The molecule has 0 saturated carbocycles. The third kappa shape index (κ3) is 4.34. The van der Waals surface area contributed by atoms with Gasteiger partial charge in [-0.05, 0) is 49.2 Å². The average molecular weight is 366 g/mol. The molecular formula is C20H18N2O3S. The van der Waals surface area contributed by atoms with Crippen molar-refractivity contribution in [3.05, 3.63) is 64.7 Å². The first-order valence-electron chi connectivity index (χ1n) is 8.09. The van der Waals surface area contributed by atoms with Gasteiger partial charge in [0.15, 0.2) is 6.61 Å². The van der Waals surface area contributed by atoms with Gasteiger partial charge in [-0.3, -0.25) is 4.79 Å². The van der Waals surface area contributed by atoms with Gasteiger partial charge in [-0.15, -0.1) is 11.3 Å². The normalized spacial score (nSPS) is 11.0. The van der Waals surface area contributed by atoms with E-state index >= 15 is 0 Å². The van der Waals surface area contributed by atoms with Gasteiger partial charge in [-0.25, -0.2) is 9.78 Å². The van der Waals surface area contributed by atoms with Crippen LogP contribution in [0.4, 0.5) is 5.69 Å². The van der Waals surface area contributed by atoms with Crippen LogP contribution in [0.5, 0.6) is 0 Å². The summed E-state index contributed by atoms with van der Waals surface area (Å²) in [6.07, 6.45) is 2.87. The van der Waals surface area contributed by atoms with Gasteiger partial charge in [0.1, 0.15) is 5.01 Å². The molecule has 3 aromatic rings. The van der Waals surface area contributed by atoms with Crippen LogP contribution in [0.2, 0.25) is 0 Å². The number of aromatic nitrogens is 1. The van der Waals surface area contributed by atoms with E-state index in [1.54, 1.807) is 6.08 Å². The molecular weight excluding hydrogens is 348 g/mol. The fourth-order valence-corrected chi connectivity index (χ4v) is 3.23. The Morgan fingerprint density at radius 2 is 1.96 bits per heavy atom. The van der Waals surface area contributed by atoms with Gasteiger partial charge in [0, 0.05) is 11.8 Å². The molecule has 1 N–H and O–H groups in total. The predicted molar refractivity (Wildman–Crippen MR) is 104 cm³/mol. The molecule has 0 radical (unpaired) electrons. The highest BCUT2D eigenvalue weighted by molar-refractivity contribution is 7.19. The molecule has 0 unspecified atom stereocenters. The van der Waals surface area contributed by atoms with Crippen LogP contribution in [-0.2, 0) is 14.3 Å². The van der Waals surface area contributed by atoms with Crippen LogP contribution < -0.4 is 5.32 Å². The third-order valence-electron chi connectivity index (χ3n) is 3.90. The summed E-state index contributed by atoms with van der Waals surface area (Å²) >= 11 is 1.48. The molecule has 1 aromatic heterocycles. The molecule has 0 aliphatic rings. The summed E-state index contributed by atoms with van der Waals surface area (Å²) in [4.78, 5) is 28.1. The van der Waals surface area contributed by atoms with Crippen LogP contribution in [0.15, 0.2) is 48.5 Å². The maximum Gasteiger partial charge on any atom is 0.331 e. The lowest BCUT2D eigenvalue weighted by Gasteiger charge is -2.10. The number of esters is 1. The van der Waals surface area contributed by atoms with Crippen LogP contribution in [0.3, 0.4) is 0 Å². The van der Waals surface area contributed by atoms with Gasteiger partial charge in [-0.2, -0.15) is 0 Å². The monoisotopic (exact) mass is 366 g/mol. The second kappa shape index (κ2) is 7.93. The summed E-state index contributed by atoms with van der Waals surface area (Å²) in [7, 11) is 0. The average Bonchev–Trinajstić information content (AvgIpc) is 3.05. The number of carbonyl (C=O) groups excluding carboxylic acids is 2. The highest BCUT2D eigenvalue weighted by Gasteiger charge is 2.08. The number of thiazole rings is 1. The van der Waals surface area contributed by atoms with Crippen LogP contribution in [-0.4, -0.2) is 23.5 Å². The minimum Gasteiger partial charge on any atom is -0.452 e. The number of para-hydroxylation sites is 1. The first kappa shape index (κ1) is 17.8. The molecule has 6 heteroatoms. The fourth-order valence-electron chi connectivity index (χ4n) is 2.36. The quantitative estimate of drug-likeness (QED) is 0.545. The van der Waals surface area contributed by atoms with Crippen molar-refractivity contribution < 1.29 is 14.3 Å². The summed E-state index contributed by atoms with van der Waals surface area (Å²) in [5.74, 6) is -0.958. The SMILES string of the molecule is Cc1cccc(NC(=O)COC(=O)/C=C/c2nc3ccccc3s2)c1C. The van der Waals surface area contributed by atoms with Crippen molar-refractivity contribution in [3.63, 3.8) is 0 Å². The molecule has 0 spiro atoms. The van der Waals surface area contributed by atoms with Gasteiger partial charge >= 0.3 is 5.97 Å². The highest BCUT2D eigenvalue weighted by atomic mass is 32.1. The molecule has 0 bridgehead atoms. The lowest BCUT2D eigenvalue weighted by molar-refractivity contribution is -0.142. The standard InChI is InChI=1S/C20H18N2O3S/c1-13-6-5-8-15(14(13)2)21-18(23)12-25-20(24)11-10-19-22-16-7-3-4-9-17(16)26-19/h3-11H,12H2,1-2H3,(H,21,23)/b11-10+. The van der Waals surface area contributed by atoms with Crippen LogP contribution in [0.1, 0.15) is 16.1 Å². The molecule has 1 heterocycles. The van der Waals surface area contributed by atoms with Crippen molar-refractivity contribution in [1.29, 1.82) is 0 Å². The van der Waals surface area contributed by atoms with E-state index in [0.717, 1.165) is 27.0 Å². The second-order valence-electron chi connectivity index (χ2n) is 5.76. The Kier molecular flexibility index (Phi) is 5.43. The van der Waals surface area contributed by atoms with Gasteiger partial charge in [0.2, 0.25) is 0 Å². The van der Waals surface area contributed by atoms with E-state index in [1.165, 1.54) is 17.4 Å². The summed E-state index contributed by atoms with van der Waals surface area (Å²) in [5, 5.41) is 3.46. The smallest absolute Gasteiger partial charge is 0.331 e. The van der Waals surface area contributed by atoms with Crippen molar-refractivity contribution in [2.45, 2.75) is 13.8 Å². The summed E-state index contributed by atoms with van der Waals surface area (Å²) in [5.41, 5.74) is 3.68. The number of carbonyl (C=O) groups is 2. The maximum absolute atomic E-state index is 11.9. The molecule has 5 nitrogen and oxygen atoms in total. The van der Waals surface area contributed by atoms with Gasteiger partial charge < -0.3 is 10.1 Å². The van der Waals surface area contributed by atoms with E-state index in [-0.39, 0.29) is 12.5 Å². The highest BCUT2D eigenvalue weighted by Crippen LogP contribution is 2.22. The Labute approximate surface area is 155 Å². The van der Waals surface area contributed by atoms with Crippen molar-refractivity contribution in [2.75, 3.05) is 11.9 Å². The molecule has 1 amide bonds. The number of amides is 1. The molecule has 0 fully saturated rings. The van der Waals surface area contributed by atoms with Crippen molar-refractivity contribution >= 4 is 45.2 Å². The Bertz CT molecular complexity index is 959. The zero-order valence-corrected chi connectivity index (χ0v) is 15.3. The molecule has 0 aliphatic heterocycles. The summed E-state index contributed by atoms with van der Waals surface area (Å²) in [6, 6.07) is 13.4. The van der Waals surface area contributed by atoms with E-state index in [9.17, 15) is 9.59 Å². The van der Waals surface area contributed by atoms with E-state index in [4.69, 9.17) is 4.74 Å². The number of hydrogen-bond acceptors (Lipinski definition) is 5. The van der Waals surface area contributed by atoms with Crippen LogP contribution in [0.25, 0.3) is 16.3 Å². The number of benzene rings is 2. The second-order valence-corrected chi connectivity index (χ2v) is 6.82. The topological polar surface area (TPSA) is 68.3 Å². The largest absolute Gasteiger partial charge is 0.452 e. The molecule has 0 aliphatic carbocycles. The van der Waals surface area contributed by atoms with E-state index in [2.05, 4.69) is 10.3 Å². The number of fused-ring (bicyclic) bond motifs is 1. The van der Waals surface area contributed by atoms with Gasteiger partial charge in [-0.1, -0.05) is 24.3 Å². The lowest BCUT2D eigenvalue weighted by Crippen LogP contribution is -2.20. The number of nitrogens with zero attached hydrogens (tertiary/aromatic N) is 1. The molecule has 132 valence electrons. The Morgan fingerprint density at radius 3 is 2.77 bits per heavy atom. The van der Waals surface area contributed by atoms with E-state index in [0.29, 0.717) is 5.01 Å². The minimum absolute atomic E-state index is 0.337. The number of hydrogen-bond donors (Lipinski definition) is 1. The first-order chi connectivity index (χ1) is 12.5. The van der Waals surface area contributed by atoms with Crippen LogP contribution >= 0.6 is 11.3 Å². The lowest BCUT2D eigenvalue weighted by atomic mass is 10.1. The predicted octanol–water partition coefficient (Wildman–Crippen LogP) is 4.11. The van der Waals surface area contributed by atoms with Crippen molar-refractivity contribution in [3.8, 4) is 0 Å². The van der Waals surface area contributed by atoms with Crippen LogP contribution in [0, 0.1) is 13.8 Å². The van der Waals surface area contributed by atoms with Crippen molar-refractivity contribution in [1.82, 2.24) is 4.98 Å². The Morgan fingerprint density at radius 1 is 1.15 bits per heavy atom. The first-order valence-corrected chi connectivity index (χ1v) is 8.91. The molecule has 0 atom stereocenters. The molecule has 3 rings (SSSR count). The number of aryl methyl sites for hydroxylation is 1. The zero-order chi connectivity index (χ0) is 18.5. The van der Waals surface area contributed by atoms with Crippen molar-refractivity contribution in [2.24, 2.45) is 0 Å². The number of anilines is 1. The van der Waals surface area contributed by atoms with E-state index in [1.807, 2.05) is 56.3 Å². The minimum atomic E-state index is -0.583. The maximum atomic E-state index is 11.9. The summed E-state index contributed by atoms with van der Waals surface area (Å²) in [6.45, 7) is 3.56. The zero-order valence-electron chi connectivity index (χ0n) is 14.5. The summed E-state index contributed by atoms with van der Waals surface area (Å²) < 4.78 is 6.03. The number of rotatable bonds is 5. The molecule has 26 heavy (non-hydrogen) atoms. The Hall–Kier alpha value is -2.99.